The highest BCUT2D eigenvalue weighted by atomic mass is 14.9. The van der Waals surface area contributed by atoms with E-state index < -0.39 is 0 Å². The second-order valence-corrected chi connectivity index (χ2v) is 6.80. The van der Waals surface area contributed by atoms with Crippen molar-refractivity contribution in [1.29, 1.82) is 0 Å². The third-order valence-corrected chi connectivity index (χ3v) is 5.43. The fourth-order valence-electron chi connectivity index (χ4n) is 4.22. The topological polar surface area (TPSA) is 12.0 Å². The van der Waals surface area contributed by atoms with Crippen LogP contribution in [0.3, 0.4) is 0 Å². The van der Waals surface area contributed by atoms with Crippen LogP contribution in [0.15, 0.2) is 30.3 Å². The van der Waals surface area contributed by atoms with Crippen molar-refractivity contribution in [2.75, 3.05) is 6.54 Å². The summed E-state index contributed by atoms with van der Waals surface area (Å²) in [5.41, 5.74) is 1.56. The molecule has 2 saturated carbocycles. The van der Waals surface area contributed by atoms with E-state index in [0.717, 1.165) is 17.9 Å². The van der Waals surface area contributed by atoms with Gasteiger partial charge in [0, 0.05) is 12.6 Å². The lowest BCUT2D eigenvalue weighted by Gasteiger charge is -2.32. The summed E-state index contributed by atoms with van der Waals surface area (Å²) in [6.07, 6.45) is 12.9. The number of benzene rings is 1. The van der Waals surface area contributed by atoms with E-state index in [9.17, 15) is 0 Å². The average Bonchev–Trinajstić information content (AvgIpc) is 3.03. The largest absolute Gasteiger partial charge is 0.313 e. The average molecular weight is 271 g/mol. The van der Waals surface area contributed by atoms with Crippen molar-refractivity contribution in [3.63, 3.8) is 0 Å². The van der Waals surface area contributed by atoms with Gasteiger partial charge in [-0.15, -0.1) is 0 Å². The van der Waals surface area contributed by atoms with E-state index >= 15 is 0 Å². The van der Waals surface area contributed by atoms with Gasteiger partial charge in [0.05, 0.1) is 0 Å². The smallest absolute Gasteiger partial charge is 0.00673 e. The van der Waals surface area contributed by atoms with Gasteiger partial charge in [0.25, 0.3) is 0 Å². The van der Waals surface area contributed by atoms with Crippen molar-refractivity contribution in [2.45, 2.75) is 69.7 Å². The summed E-state index contributed by atoms with van der Waals surface area (Å²) >= 11 is 0. The molecule has 2 aliphatic carbocycles. The SMILES string of the molecule is c1ccc(C(CNC2CCCC2)C2CCCCC2)cc1. The molecule has 0 aliphatic heterocycles. The quantitative estimate of drug-likeness (QED) is 0.804. The van der Waals surface area contributed by atoms with Gasteiger partial charge in [0.1, 0.15) is 0 Å². The maximum absolute atomic E-state index is 3.88. The molecule has 0 radical (unpaired) electrons. The van der Waals surface area contributed by atoms with Crippen LogP contribution in [0.5, 0.6) is 0 Å². The molecule has 20 heavy (non-hydrogen) atoms. The zero-order chi connectivity index (χ0) is 13.6. The van der Waals surface area contributed by atoms with Gasteiger partial charge in [-0.2, -0.15) is 0 Å². The molecule has 1 nitrogen and oxygen atoms in total. The van der Waals surface area contributed by atoms with Gasteiger partial charge in [-0.3, -0.25) is 0 Å². The molecule has 2 fully saturated rings. The van der Waals surface area contributed by atoms with Gasteiger partial charge in [-0.05, 0) is 43.1 Å². The molecule has 0 aromatic heterocycles. The standard InChI is InChI=1S/C19H29N/c1-3-9-16(10-4-1)19(17-11-5-2-6-12-17)15-20-18-13-7-8-14-18/h1,3-4,9-10,17-20H,2,5-8,11-15H2. The highest BCUT2D eigenvalue weighted by Crippen LogP contribution is 2.36. The van der Waals surface area contributed by atoms with Crippen LogP contribution in [0.4, 0.5) is 0 Å². The lowest BCUT2D eigenvalue weighted by atomic mass is 9.76. The first-order valence-corrected chi connectivity index (χ1v) is 8.72. The Morgan fingerprint density at radius 1 is 0.850 bits per heavy atom. The predicted octanol–water partition coefficient (Wildman–Crippen LogP) is 4.88. The molecule has 1 N–H and O–H groups in total. The molecule has 0 amide bonds. The Bertz CT molecular complexity index is 374. The summed E-state index contributed by atoms with van der Waals surface area (Å²) in [6, 6.07) is 12.0. The van der Waals surface area contributed by atoms with Crippen molar-refractivity contribution < 1.29 is 0 Å². The zero-order valence-corrected chi connectivity index (χ0v) is 12.7. The van der Waals surface area contributed by atoms with Gasteiger partial charge in [0.2, 0.25) is 0 Å². The molecule has 1 aromatic carbocycles. The molecule has 3 rings (SSSR count). The Kier molecular flexibility index (Phi) is 5.13. The van der Waals surface area contributed by atoms with E-state index in [1.165, 1.54) is 64.3 Å². The first-order chi connectivity index (χ1) is 9.93. The number of rotatable bonds is 5. The number of hydrogen-bond acceptors (Lipinski definition) is 1. The third-order valence-electron chi connectivity index (χ3n) is 5.43. The van der Waals surface area contributed by atoms with E-state index in [4.69, 9.17) is 0 Å². The fraction of sp³-hybridized carbons (Fsp3) is 0.684. The molecular formula is C19H29N. The van der Waals surface area contributed by atoms with E-state index in [2.05, 4.69) is 35.6 Å². The van der Waals surface area contributed by atoms with Crippen molar-refractivity contribution in [3.8, 4) is 0 Å². The highest BCUT2D eigenvalue weighted by Gasteiger charge is 2.26. The van der Waals surface area contributed by atoms with Gasteiger partial charge in [-0.25, -0.2) is 0 Å². The van der Waals surface area contributed by atoms with E-state index in [1.807, 2.05) is 0 Å². The molecule has 1 aromatic rings. The van der Waals surface area contributed by atoms with E-state index in [0.29, 0.717) is 0 Å². The van der Waals surface area contributed by atoms with Crippen LogP contribution >= 0.6 is 0 Å². The van der Waals surface area contributed by atoms with E-state index in [1.54, 1.807) is 5.56 Å². The molecule has 2 aliphatic rings. The molecule has 0 spiro atoms. The fourth-order valence-corrected chi connectivity index (χ4v) is 4.22. The summed E-state index contributed by atoms with van der Waals surface area (Å²) in [5, 5.41) is 3.88. The molecule has 110 valence electrons. The van der Waals surface area contributed by atoms with Crippen LogP contribution in [-0.4, -0.2) is 12.6 Å². The Labute approximate surface area is 124 Å². The monoisotopic (exact) mass is 271 g/mol. The molecular weight excluding hydrogens is 242 g/mol. The maximum Gasteiger partial charge on any atom is 0.00673 e. The minimum absolute atomic E-state index is 0.733. The number of nitrogens with one attached hydrogen (secondary N) is 1. The van der Waals surface area contributed by atoms with Crippen molar-refractivity contribution in [2.24, 2.45) is 5.92 Å². The van der Waals surface area contributed by atoms with Crippen LogP contribution in [0, 0.1) is 5.92 Å². The first-order valence-electron chi connectivity index (χ1n) is 8.72. The molecule has 0 bridgehead atoms. The lowest BCUT2D eigenvalue weighted by Crippen LogP contribution is -2.33. The zero-order valence-electron chi connectivity index (χ0n) is 12.7. The van der Waals surface area contributed by atoms with Crippen molar-refractivity contribution in [1.82, 2.24) is 5.32 Å². The van der Waals surface area contributed by atoms with Crippen LogP contribution in [0.1, 0.15) is 69.3 Å². The van der Waals surface area contributed by atoms with Gasteiger partial charge in [-0.1, -0.05) is 62.4 Å². The summed E-state index contributed by atoms with van der Waals surface area (Å²) < 4.78 is 0. The molecule has 1 heteroatoms. The maximum atomic E-state index is 3.88. The van der Waals surface area contributed by atoms with Crippen molar-refractivity contribution >= 4 is 0 Å². The Morgan fingerprint density at radius 2 is 1.50 bits per heavy atom. The minimum atomic E-state index is 0.733. The van der Waals surface area contributed by atoms with Gasteiger partial charge < -0.3 is 5.32 Å². The second-order valence-electron chi connectivity index (χ2n) is 6.80. The lowest BCUT2D eigenvalue weighted by molar-refractivity contribution is 0.290. The second kappa shape index (κ2) is 7.26. The normalized spacial score (nSPS) is 23.0. The Hall–Kier alpha value is -0.820. The minimum Gasteiger partial charge on any atom is -0.313 e. The van der Waals surface area contributed by atoms with E-state index in [-0.39, 0.29) is 0 Å². The van der Waals surface area contributed by atoms with Crippen molar-refractivity contribution in [3.05, 3.63) is 35.9 Å². The molecule has 1 atom stereocenters. The highest BCUT2D eigenvalue weighted by molar-refractivity contribution is 5.21. The van der Waals surface area contributed by atoms with Gasteiger partial charge in [0.15, 0.2) is 0 Å². The summed E-state index contributed by atoms with van der Waals surface area (Å²) in [5.74, 6) is 1.64. The van der Waals surface area contributed by atoms with Crippen LogP contribution in [-0.2, 0) is 0 Å². The molecule has 0 saturated heterocycles. The summed E-state index contributed by atoms with van der Waals surface area (Å²) in [6.45, 7) is 1.19. The number of hydrogen-bond donors (Lipinski definition) is 1. The third kappa shape index (κ3) is 3.63. The van der Waals surface area contributed by atoms with Crippen LogP contribution in [0.25, 0.3) is 0 Å². The Morgan fingerprint density at radius 3 is 2.20 bits per heavy atom. The summed E-state index contributed by atoms with van der Waals surface area (Å²) in [4.78, 5) is 0. The Balaban J connectivity index is 1.65. The first kappa shape index (κ1) is 14.1. The predicted molar refractivity (Wildman–Crippen MR) is 86.0 cm³/mol. The van der Waals surface area contributed by atoms with Gasteiger partial charge >= 0.3 is 0 Å². The molecule has 0 heterocycles. The van der Waals surface area contributed by atoms with Crippen LogP contribution < -0.4 is 5.32 Å². The van der Waals surface area contributed by atoms with Crippen LogP contribution in [0.2, 0.25) is 0 Å². The molecule has 1 unspecified atom stereocenters. The summed E-state index contributed by atoms with van der Waals surface area (Å²) in [7, 11) is 0.